The van der Waals surface area contributed by atoms with Crippen LogP contribution in [-0.2, 0) is 0 Å². The molecule has 0 saturated heterocycles. The normalized spacial score (nSPS) is 10.8. The predicted molar refractivity (Wildman–Crippen MR) is 105 cm³/mol. The first-order valence-electron chi connectivity index (χ1n) is 7.92. The molecule has 0 bridgehead atoms. The number of aryl methyl sites for hydroxylation is 1. The van der Waals surface area contributed by atoms with Crippen LogP contribution in [0, 0.1) is 6.92 Å². The molecule has 0 aliphatic heterocycles. The Morgan fingerprint density at radius 2 is 1.84 bits per heavy atom. The Kier molecular flexibility index (Phi) is 4.03. The monoisotopic (exact) mass is 347 g/mol. The van der Waals surface area contributed by atoms with Crippen molar-refractivity contribution in [1.29, 1.82) is 0 Å². The average Bonchev–Trinajstić information content (AvgIpc) is 3.05. The lowest BCUT2D eigenvalue weighted by Crippen LogP contribution is -1.95. The van der Waals surface area contributed by atoms with E-state index in [9.17, 15) is 0 Å². The molecule has 4 aromatic rings. The van der Waals surface area contributed by atoms with Crippen LogP contribution >= 0.6 is 12.8 Å². The maximum atomic E-state index is 4.54. The van der Waals surface area contributed by atoms with E-state index in [1.807, 2.05) is 54.7 Å². The molecule has 2 aromatic carbocycles. The first-order chi connectivity index (χ1) is 12.2. The number of nitrogens with zero attached hydrogens (tertiary/aromatic N) is 3. The minimum Gasteiger partial charge on any atom is -0.332 e. The molecule has 0 atom stereocenters. The number of hydrogen-bond acceptors (Lipinski definition) is 5. The molecule has 25 heavy (non-hydrogen) atoms. The highest BCUT2D eigenvalue weighted by Crippen LogP contribution is 2.24. The van der Waals surface area contributed by atoms with Crippen LogP contribution in [0.5, 0.6) is 0 Å². The van der Waals surface area contributed by atoms with E-state index >= 15 is 0 Å². The third-order valence-electron chi connectivity index (χ3n) is 4.05. The van der Waals surface area contributed by atoms with Gasteiger partial charge < -0.3 is 10.0 Å². The summed E-state index contributed by atoms with van der Waals surface area (Å²) >= 11 is 4.10. The van der Waals surface area contributed by atoms with Gasteiger partial charge in [0.1, 0.15) is 0 Å². The van der Waals surface area contributed by atoms with E-state index in [2.05, 4.69) is 52.0 Å². The van der Waals surface area contributed by atoms with E-state index in [0.29, 0.717) is 5.95 Å². The minimum atomic E-state index is 0.581. The second kappa shape index (κ2) is 6.49. The highest BCUT2D eigenvalue weighted by atomic mass is 32.1. The molecular weight excluding hydrogens is 330 g/mol. The number of benzene rings is 2. The number of aromatic nitrogens is 3. The van der Waals surface area contributed by atoms with Crippen LogP contribution in [0.2, 0.25) is 0 Å². The number of fused-ring (bicyclic) bond motifs is 1. The molecule has 0 aliphatic carbocycles. The lowest BCUT2D eigenvalue weighted by molar-refractivity contribution is 0.966. The van der Waals surface area contributed by atoms with Crippen LogP contribution in [0.15, 0.2) is 66.9 Å². The summed E-state index contributed by atoms with van der Waals surface area (Å²) in [6.07, 6.45) is 1.98. The van der Waals surface area contributed by atoms with Crippen molar-refractivity contribution < 1.29 is 0 Å². The molecule has 4 rings (SSSR count). The van der Waals surface area contributed by atoms with Gasteiger partial charge in [0, 0.05) is 23.1 Å². The Morgan fingerprint density at radius 1 is 0.960 bits per heavy atom. The summed E-state index contributed by atoms with van der Waals surface area (Å²) in [5.74, 6) is 0.581. The summed E-state index contributed by atoms with van der Waals surface area (Å²) in [7, 11) is 0. The van der Waals surface area contributed by atoms with Crippen LogP contribution in [0.4, 0.5) is 17.3 Å². The molecule has 2 heterocycles. The van der Waals surface area contributed by atoms with Crippen LogP contribution in [0.1, 0.15) is 5.56 Å². The summed E-state index contributed by atoms with van der Waals surface area (Å²) in [4.78, 5) is 4.53. The fourth-order valence-electron chi connectivity index (χ4n) is 2.71. The quantitative estimate of drug-likeness (QED) is 0.468. The van der Waals surface area contributed by atoms with E-state index in [1.165, 1.54) is 0 Å². The summed E-state index contributed by atoms with van der Waals surface area (Å²) in [5.41, 5.74) is 6.05. The van der Waals surface area contributed by atoms with Crippen molar-refractivity contribution in [1.82, 2.24) is 14.6 Å². The summed E-state index contributed by atoms with van der Waals surface area (Å²) in [6, 6.07) is 20.1. The number of hydrogen-bond donors (Lipinski definition) is 3. The highest BCUT2D eigenvalue weighted by Gasteiger charge is 2.07. The van der Waals surface area contributed by atoms with Crippen molar-refractivity contribution in [2.45, 2.75) is 6.92 Å². The van der Waals surface area contributed by atoms with Crippen LogP contribution in [0.3, 0.4) is 0 Å². The van der Waals surface area contributed by atoms with Gasteiger partial charge in [-0.3, -0.25) is 0 Å². The lowest BCUT2D eigenvalue weighted by Gasteiger charge is -2.05. The summed E-state index contributed by atoms with van der Waals surface area (Å²) in [5, 5.41) is 7.82. The molecule has 0 unspecified atom stereocenters. The van der Waals surface area contributed by atoms with Gasteiger partial charge in [-0.1, -0.05) is 43.1 Å². The van der Waals surface area contributed by atoms with E-state index in [4.69, 9.17) is 0 Å². The first-order valence-corrected chi connectivity index (χ1v) is 8.37. The number of thiol groups is 1. The zero-order chi connectivity index (χ0) is 17.2. The lowest BCUT2D eigenvalue weighted by atomic mass is 10.1. The van der Waals surface area contributed by atoms with Gasteiger partial charge in [0.2, 0.25) is 5.95 Å². The van der Waals surface area contributed by atoms with Gasteiger partial charge in [-0.2, -0.15) is 4.98 Å². The Bertz CT molecular complexity index is 1040. The molecule has 6 heteroatoms. The minimum absolute atomic E-state index is 0.581. The van der Waals surface area contributed by atoms with Crippen molar-refractivity contribution in [3.8, 4) is 11.1 Å². The maximum absolute atomic E-state index is 4.54. The topological polar surface area (TPSA) is 54.2 Å². The molecule has 0 amide bonds. The molecule has 0 fully saturated rings. The van der Waals surface area contributed by atoms with Gasteiger partial charge in [-0.05, 0) is 48.4 Å². The summed E-state index contributed by atoms with van der Waals surface area (Å²) < 4.78 is 4.65. The van der Waals surface area contributed by atoms with Gasteiger partial charge in [0.05, 0.1) is 0 Å². The van der Waals surface area contributed by atoms with Gasteiger partial charge in [0.15, 0.2) is 5.65 Å². The standard InChI is InChI=1S/C19H17N5S/c1-13-5-2-3-8-17(13)20-19-21-18-10-9-15(12-24(18)22-19)14-6-4-7-16(11-14)23-25/h2-12,23,25H,1H3,(H,20,22). The molecule has 0 radical (unpaired) electrons. The van der Waals surface area contributed by atoms with Gasteiger partial charge in [-0.15, -0.1) is 5.10 Å². The molecular formula is C19H17N5S. The fourth-order valence-corrected chi connectivity index (χ4v) is 2.85. The SMILES string of the molecule is Cc1ccccc1Nc1nc2ccc(-c3cccc(NS)c3)cn2n1. The van der Waals surface area contributed by atoms with Gasteiger partial charge in [0.25, 0.3) is 0 Å². The maximum Gasteiger partial charge on any atom is 0.247 e. The Balaban J connectivity index is 1.68. The average molecular weight is 347 g/mol. The van der Waals surface area contributed by atoms with Gasteiger partial charge >= 0.3 is 0 Å². The summed E-state index contributed by atoms with van der Waals surface area (Å²) in [6.45, 7) is 2.05. The third kappa shape index (κ3) is 3.16. The number of nitrogens with one attached hydrogen (secondary N) is 2. The van der Waals surface area contributed by atoms with Crippen molar-refractivity contribution in [2.75, 3.05) is 10.0 Å². The number of rotatable bonds is 4. The molecule has 0 spiro atoms. The smallest absolute Gasteiger partial charge is 0.247 e. The van der Waals surface area contributed by atoms with E-state index < -0.39 is 0 Å². The zero-order valence-corrected chi connectivity index (χ0v) is 14.5. The van der Waals surface area contributed by atoms with E-state index in [1.54, 1.807) is 4.52 Å². The highest BCUT2D eigenvalue weighted by molar-refractivity contribution is 7.81. The van der Waals surface area contributed by atoms with Crippen molar-refractivity contribution in [3.05, 3.63) is 72.4 Å². The number of anilines is 3. The molecule has 124 valence electrons. The van der Waals surface area contributed by atoms with Crippen molar-refractivity contribution in [3.63, 3.8) is 0 Å². The molecule has 5 nitrogen and oxygen atoms in total. The fraction of sp³-hybridized carbons (Fsp3) is 0.0526. The Morgan fingerprint density at radius 3 is 2.68 bits per heavy atom. The molecule has 0 saturated carbocycles. The second-order valence-corrected chi connectivity index (χ2v) is 6.01. The second-order valence-electron chi connectivity index (χ2n) is 5.79. The first kappa shape index (κ1) is 15.5. The Hall–Kier alpha value is -2.99. The van der Waals surface area contributed by atoms with Crippen LogP contribution in [-0.4, -0.2) is 14.6 Å². The zero-order valence-electron chi connectivity index (χ0n) is 13.6. The van der Waals surface area contributed by atoms with Crippen LogP contribution < -0.4 is 10.0 Å². The van der Waals surface area contributed by atoms with Gasteiger partial charge in [-0.25, -0.2) is 4.52 Å². The predicted octanol–water partition coefficient (Wildman–Crippen LogP) is 4.71. The van der Waals surface area contributed by atoms with E-state index in [-0.39, 0.29) is 0 Å². The molecule has 2 aromatic heterocycles. The van der Waals surface area contributed by atoms with E-state index in [0.717, 1.165) is 33.7 Å². The molecule has 0 aliphatic rings. The number of para-hydroxylation sites is 1. The largest absolute Gasteiger partial charge is 0.332 e. The molecule has 2 N–H and O–H groups in total. The Labute approximate surface area is 151 Å². The van der Waals surface area contributed by atoms with Crippen molar-refractivity contribution in [2.24, 2.45) is 0 Å². The third-order valence-corrected chi connectivity index (χ3v) is 4.31. The van der Waals surface area contributed by atoms with Crippen molar-refractivity contribution >= 4 is 35.8 Å². The number of pyridine rings is 1. The van der Waals surface area contributed by atoms with Crippen LogP contribution in [0.25, 0.3) is 16.8 Å².